The van der Waals surface area contributed by atoms with Gasteiger partial charge in [0.15, 0.2) is 0 Å². The SMILES string of the molecule is CC(c1ccc(Br)cc1)N1CC[C@@H](c2ccc(F)cc2)OC1=O. The number of carbonyl (C=O) groups excluding carboxylic acids is 1. The van der Waals surface area contributed by atoms with Gasteiger partial charge in [0.05, 0.1) is 6.04 Å². The Balaban J connectivity index is 1.70. The Labute approximate surface area is 143 Å². The minimum atomic E-state index is -0.332. The molecule has 0 saturated carbocycles. The summed E-state index contributed by atoms with van der Waals surface area (Å²) in [6, 6.07) is 14.0. The third kappa shape index (κ3) is 3.55. The van der Waals surface area contributed by atoms with Crippen molar-refractivity contribution >= 4 is 22.0 Å². The van der Waals surface area contributed by atoms with E-state index < -0.39 is 0 Å². The van der Waals surface area contributed by atoms with Crippen molar-refractivity contribution in [3.05, 3.63) is 69.9 Å². The number of cyclic esters (lactones) is 1. The summed E-state index contributed by atoms with van der Waals surface area (Å²) in [4.78, 5) is 14.1. The third-order valence-electron chi connectivity index (χ3n) is 4.17. The molecule has 2 atom stereocenters. The first-order valence-corrected chi connectivity index (χ1v) is 8.32. The molecule has 1 amide bonds. The molecule has 3 nitrogen and oxygen atoms in total. The summed E-state index contributed by atoms with van der Waals surface area (Å²) >= 11 is 3.41. The maximum Gasteiger partial charge on any atom is 0.410 e. The molecular weight excluding hydrogens is 361 g/mol. The molecule has 1 aliphatic heterocycles. The van der Waals surface area contributed by atoms with Gasteiger partial charge in [0.1, 0.15) is 11.9 Å². The van der Waals surface area contributed by atoms with E-state index in [-0.39, 0.29) is 24.1 Å². The second-order valence-corrected chi connectivity index (χ2v) is 6.55. The second kappa shape index (κ2) is 6.71. The highest BCUT2D eigenvalue weighted by Crippen LogP contribution is 2.32. The number of nitrogens with zero attached hydrogens (tertiary/aromatic N) is 1. The average Bonchev–Trinajstić information content (AvgIpc) is 2.55. The lowest BCUT2D eigenvalue weighted by molar-refractivity contribution is 0.0123. The van der Waals surface area contributed by atoms with Crippen LogP contribution >= 0.6 is 15.9 Å². The minimum Gasteiger partial charge on any atom is -0.441 e. The molecule has 3 rings (SSSR count). The van der Waals surface area contributed by atoms with Crippen LogP contribution in [0, 0.1) is 5.82 Å². The largest absolute Gasteiger partial charge is 0.441 e. The zero-order valence-electron chi connectivity index (χ0n) is 12.7. The molecule has 0 bridgehead atoms. The van der Waals surface area contributed by atoms with Gasteiger partial charge in [-0.2, -0.15) is 0 Å². The summed E-state index contributed by atoms with van der Waals surface area (Å²) in [5, 5.41) is 0. The van der Waals surface area contributed by atoms with Gasteiger partial charge in [0.2, 0.25) is 0 Å². The molecule has 1 aliphatic rings. The first-order chi connectivity index (χ1) is 11.0. The Morgan fingerprint density at radius 2 is 1.83 bits per heavy atom. The molecule has 1 heterocycles. The van der Waals surface area contributed by atoms with Crippen molar-refractivity contribution in [2.75, 3.05) is 6.54 Å². The zero-order valence-corrected chi connectivity index (χ0v) is 14.3. The van der Waals surface area contributed by atoms with Gasteiger partial charge in [0.25, 0.3) is 0 Å². The van der Waals surface area contributed by atoms with Crippen molar-refractivity contribution < 1.29 is 13.9 Å². The number of rotatable bonds is 3. The van der Waals surface area contributed by atoms with Crippen molar-refractivity contribution in [2.45, 2.75) is 25.5 Å². The van der Waals surface area contributed by atoms with Gasteiger partial charge in [-0.15, -0.1) is 0 Å². The number of halogens is 2. The topological polar surface area (TPSA) is 29.5 Å². The number of benzene rings is 2. The lowest BCUT2D eigenvalue weighted by atomic mass is 10.0. The highest BCUT2D eigenvalue weighted by Gasteiger charge is 2.31. The summed E-state index contributed by atoms with van der Waals surface area (Å²) in [5.41, 5.74) is 1.89. The number of carbonyl (C=O) groups is 1. The fourth-order valence-electron chi connectivity index (χ4n) is 2.78. The lowest BCUT2D eigenvalue weighted by Gasteiger charge is -2.36. The summed E-state index contributed by atoms with van der Waals surface area (Å²) in [7, 11) is 0. The zero-order chi connectivity index (χ0) is 16.4. The van der Waals surface area contributed by atoms with Crippen molar-refractivity contribution in [1.82, 2.24) is 4.90 Å². The summed E-state index contributed by atoms with van der Waals surface area (Å²) in [5.74, 6) is -0.290. The smallest absolute Gasteiger partial charge is 0.410 e. The predicted molar refractivity (Wildman–Crippen MR) is 89.5 cm³/mol. The highest BCUT2D eigenvalue weighted by atomic mass is 79.9. The minimum absolute atomic E-state index is 0.0511. The molecule has 1 saturated heterocycles. The van der Waals surface area contributed by atoms with Crippen LogP contribution in [0.3, 0.4) is 0 Å². The molecule has 5 heteroatoms. The van der Waals surface area contributed by atoms with E-state index in [0.717, 1.165) is 15.6 Å². The molecule has 1 unspecified atom stereocenters. The molecule has 0 spiro atoms. The van der Waals surface area contributed by atoms with Gasteiger partial charge in [-0.1, -0.05) is 40.2 Å². The number of hydrogen-bond acceptors (Lipinski definition) is 2. The van der Waals surface area contributed by atoms with Crippen molar-refractivity contribution in [1.29, 1.82) is 0 Å². The predicted octanol–water partition coefficient (Wildman–Crippen LogP) is 5.23. The standard InChI is InChI=1S/C18H17BrFNO2/c1-12(13-2-6-15(19)7-3-13)21-11-10-17(23-18(21)22)14-4-8-16(20)9-5-14/h2-9,12,17H,10-11H2,1H3/t12?,17-/m0/s1. The van der Waals surface area contributed by atoms with Crippen LogP contribution in [0.5, 0.6) is 0 Å². The van der Waals surface area contributed by atoms with Crippen molar-refractivity contribution in [3.63, 3.8) is 0 Å². The lowest BCUT2D eigenvalue weighted by Crippen LogP contribution is -2.40. The molecule has 0 N–H and O–H groups in total. The van der Waals surface area contributed by atoms with Crippen LogP contribution in [0.1, 0.15) is 36.6 Å². The maximum absolute atomic E-state index is 13.0. The van der Waals surface area contributed by atoms with E-state index in [1.165, 1.54) is 12.1 Å². The van der Waals surface area contributed by atoms with Crippen LogP contribution in [0.15, 0.2) is 53.0 Å². The third-order valence-corrected chi connectivity index (χ3v) is 4.70. The van der Waals surface area contributed by atoms with Crippen molar-refractivity contribution in [2.24, 2.45) is 0 Å². The van der Waals surface area contributed by atoms with Crippen LogP contribution in [0.4, 0.5) is 9.18 Å². The van der Waals surface area contributed by atoms with Gasteiger partial charge in [-0.05, 0) is 42.3 Å². The van der Waals surface area contributed by atoms with E-state index in [0.29, 0.717) is 13.0 Å². The van der Waals surface area contributed by atoms with Gasteiger partial charge < -0.3 is 9.64 Å². The quantitative estimate of drug-likeness (QED) is 0.732. The van der Waals surface area contributed by atoms with Crippen LogP contribution in [-0.4, -0.2) is 17.5 Å². The van der Waals surface area contributed by atoms with Crippen LogP contribution in [0.25, 0.3) is 0 Å². The van der Waals surface area contributed by atoms with E-state index in [1.807, 2.05) is 31.2 Å². The van der Waals surface area contributed by atoms with Gasteiger partial charge in [-0.3, -0.25) is 0 Å². The summed E-state index contributed by atoms with van der Waals surface area (Å²) in [6.45, 7) is 2.60. The Morgan fingerprint density at radius 1 is 1.17 bits per heavy atom. The monoisotopic (exact) mass is 377 g/mol. The number of ether oxygens (including phenoxy) is 1. The molecule has 0 radical (unpaired) electrons. The molecule has 120 valence electrons. The Morgan fingerprint density at radius 3 is 2.43 bits per heavy atom. The Hall–Kier alpha value is -1.88. The first kappa shape index (κ1) is 16.0. The Kier molecular flexibility index (Phi) is 4.66. The molecule has 2 aromatic rings. The van der Waals surface area contributed by atoms with E-state index in [4.69, 9.17) is 4.74 Å². The van der Waals surface area contributed by atoms with Crippen LogP contribution < -0.4 is 0 Å². The average molecular weight is 378 g/mol. The molecule has 2 aromatic carbocycles. The number of amides is 1. The molecular formula is C18H17BrFNO2. The summed E-state index contributed by atoms with van der Waals surface area (Å²) < 4.78 is 19.5. The van der Waals surface area contributed by atoms with Gasteiger partial charge in [0, 0.05) is 17.4 Å². The fraction of sp³-hybridized carbons (Fsp3) is 0.278. The van der Waals surface area contributed by atoms with E-state index >= 15 is 0 Å². The first-order valence-electron chi connectivity index (χ1n) is 7.53. The normalized spacial score (nSPS) is 19.3. The number of hydrogen-bond donors (Lipinski definition) is 0. The van der Waals surface area contributed by atoms with E-state index in [9.17, 15) is 9.18 Å². The molecule has 1 fully saturated rings. The van der Waals surface area contributed by atoms with Gasteiger partial charge in [-0.25, -0.2) is 9.18 Å². The molecule has 0 aromatic heterocycles. The maximum atomic E-state index is 13.0. The highest BCUT2D eigenvalue weighted by molar-refractivity contribution is 9.10. The van der Waals surface area contributed by atoms with Crippen LogP contribution in [-0.2, 0) is 4.74 Å². The van der Waals surface area contributed by atoms with E-state index in [2.05, 4.69) is 15.9 Å². The fourth-order valence-corrected chi connectivity index (χ4v) is 3.05. The van der Waals surface area contributed by atoms with E-state index in [1.54, 1.807) is 17.0 Å². The summed E-state index contributed by atoms with van der Waals surface area (Å²) in [6.07, 6.45) is 0.0515. The molecule has 0 aliphatic carbocycles. The second-order valence-electron chi connectivity index (χ2n) is 5.63. The Bertz CT molecular complexity index is 687. The van der Waals surface area contributed by atoms with Crippen LogP contribution in [0.2, 0.25) is 0 Å². The van der Waals surface area contributed by atoms with Gasteiger partial charge >= 0.3 is 6.09 Å². The van der Waals surface area contributed by atoms with Crippen molar-refractivity contribution in [3.8, 4) is 0 Å². The molecule has 23 heavy (non-hydrogen) atoms.